The normalized spacial score (nSPS) is 20.0. The van der Waals surface area contributed by atoms with E-state index in [1.165, 1.54) is 75.0 Å². The van der Waals surface area contributed by atoms with Crippen LogP contribution in [0.2, 0.25) is 0 Å². The molecule has 2 aliphatic heterocycles. The second-order valence-electron chi connectivity index (χ2n) is 25.7. The molecule has 18 heteroatoms. The highest BCUT2D eigenvalue weighted by Gasteiger charge is 2.41. The van der Waals surface area contributed by atoms with Crippen LogP contribution in [0.3, 0.4) is 0 Å². The average molecular weight is 1450 g/mol. The lowest BCUT2D eigenvalue weighted by atomic mass is 10.0. The van der Waals surface area contributed by atoms with Crippen LogP contribution in [0.25, 0.3) is 0 Å². The van der Waals surface area contributed by atoms with E-state index in [9.17, 15) is 18.7 Å². The molecule has 0 amide bonds. The minimum atomic E-state index is -3.13. The minimum Gasteiger partial charge on any atom is -0.306 e. The van der Waals surface area contributed by atoms with Crippen molar-refractivity contribution >= 4 is 97.7 Å². The summed E-state index contributed by atoms with van der Waals surface area (Å²) < 4.78 is 40.3. The number of thioether (sulfide) groups is 1. The van der Waals surface area contributed by atoms with E-state index in [1.54, 1.807) is 11.8 Å². The highest BCUT2D eigenvalue weighted by molar-refractivity contribution is 8.00. The predicted octanol–water partition coefficient (Wildman–Crippen LogP) is 24.1. The molecule has 0 bridgehead atoms. The molecular formula is C75H130Cl4N4O6P2S2. The van der Waals surface area contributed by atoms with E-state index in [-0.39, 0.29) is 11.4 Å². The topological polar surface area (TPSA) is 117 Å². The molecule has 4 atom stereocenters. The molecule has 93 heavy (non-hydrogen) atoms. The Morgan fingerprint density at radius 1 is 0.441 bits per heavy atom. The van der Waals surface area contributed by atoms with Gasteiger partial charge in [0.15, 0.2) is 0 Å². The molecule has 0 spiro atoms. The molecule has 2 fully saturated rings. The van der Waals surface area contributed by atoms with Crippen LogP contribution < -0.4 is 10.2 Å². The Morgan fingerprint density at radius 2 is 0.763 bits per heavy atom. The molecular weight excluding hydrogens is 1320 g/mol. The molecule has 10 nitrogen and oxygen atoms in total. The number of unbranched alkanes of at least 4 members (excludes halogenated alkanes) is 2. The van der Waals surface area contributed by atoms with E-state index < -0.39 is 15.3 Å². The first-order valence-corrected chi connectivity index (χ1v) is 41.9. The molecule has 0 aromatic carbocycles. The number of allylic oxidation sites excluding steroid dienone is 20. The molecule has 0 aromatic rings. The van der Waals surface area contributed by atoms with E-state index in [1.807, 2.05) is 16.3 Å². The Morgan fingerprint density at radius 3 is 1.12 bits per heavy atom. The molecule has 0 aromatic heterocycles. The van der Waals surface area contributed by atoms with Crippen molar-refractivity contribution in [1.29, 1.82) is 0 Å². The number of halogens is 4. The molecule has 4 unspecified atom stereocenters. The van der Waals surface area contributed by atoms with Crippen molar-refractivity contribution in [2.24, 2.45) is 0 Å². The highest BCUT2D eigenvalue weighted by atomic mass is 35.5. The number of ketones is 2. The number of hydrogen-bond acceptors (Lipinski definition) is 8. The van der Waals surface area contributed by atoms with Gasteiger partial charge in [0.05, 0.1) is 18.6 Å². The highest BCUT2D eigenvalue weighted by Crippen LogP contribution is 2.54. The fourth-order valence-electron chi connectivity index (χ4n) is 10.3. The van der Waals surface area contributed by atoms with Crippen molar-refractivity contribution in [3.05, 3.63) is 116 Å². The molecule has 0 radical (unpaired) electrons. The number of thiol groups is 1. The van der Waals surface area contributed by atoms with E-state index in [2.05, 4.69) is 167 Å². The second-order valence-corrected chi connectivity index (χ2v) is 33.2. The molecule has 2 saturated heterocycles. The van der Waals surface area contributed by atoms with Crippen LogP contribution in [0.4, 0.5) is 0 Å². The number of nitrogens with one attached hydrogen (secondary N) is 2. The van der Waals surface area contributed by atoms with Crippen LogP contribution in [0.15, 0.2) is 116 Å². The first kappa shape index (κ1) is 91.8. The third kappa shape index (κ3) is 49.9. The van der Waals surface area contributed by atoms with Gasteiger partial charge in [-0.15, -0.1) is 58.2 Å². The molecule has 0 aliphatic carbocycles. The summed E-state index contributed by atoms with van der Waals surface area (Å²) in [6.07, 6.45) is 49.4. The standard InChI is InChI=1S/C37H63Cl2N2O3PS.C30H50OS.C8H17Cl2N2O2P/c1-31(2)13-9-16-34(5)19-10-17-32(3)14-7-8-15-33(4)18-11-20-35(6)22-23-36(42)21-12-30-46-37-24-29-44-45(43,40-27-25-38)41(37)28-26-39;1-25(2)13-9-16-28(5)19-10-17-26(3)14-7-8-15-27(4)18-11-20-29(6)22-23-30(31)21-12-24-32;1-8-2-7-14-15(13,11-5-3-9)12(8)6-4-10/h13-15,19-20,37H,7-12,16-18,21-30H2,1-6H3,(H,40,43);13-15,19-20,32H,7-12,16-18,21-24H2,1-6H3;8H,2-7H2,1H3,(H,11,13)/b32-14+,33-15+,34-19+,35-20+;26-14+,27-15+,28-19+,29-20+;. The number of nitrogens with zero attached hydrogens (tertiary/aromatic N) is 2. The lowest BCUT2D eigenvalue weighted by Gasteiger charge is -2.40. The van der Waals surface area contributed by atoms with Gasteiger partial charge < -0.3 is 9.05 Å². The fourth-order valence-corrected chi connectivity index (χ4v) is 17.4. The van der Waals surface area contributed by atoms with Gasteiger partial charge in [0.1, 0.15) is 11.6 Å². The van der Waals surface area contributed by atoms with Gasteiger partial charge in [-0.05, 0) is 243 Å². The molecule has 2 N–H and O–H groups in total. The summed E-state index contributed by atoms with van der Waals surface area (Å²) in [4.78, 5) is 24.3. The summed E-state index contributed by atoms with van der Waals surface area (Å²) >= 11 is 29.0. The van der Waals surface area contributed by atoms with Crippen molar-refractivity contribution in [2.45, 2.75) is 268 Å². The number of Topliss-reactive ketones (excluding diaryl/α,β-unsaturated/α-hetero) is 2. The molecule has 2 aliphatic rings. The maximum absolute atomic E-state index is 13.3. The van der Waals surface area contributed by atoms with Gasteiger partial charge >= 0.3 is 15.3 Å². The SMILES string of the molecule is CC(C)=CCC/C(C)=C/CC/C(C)=C/CC/C=C(\C)CC/C=C(\C)CCC(=O)CCCS.CC(C)=CCC/C(C)=C/CC/C(C)=C/CC/C=C(\C)CC/C=C(\C)CCC(=O)CCCSC1CCOP(=O)(NCCCl)N1CCCl.CC1CCOP(=O)(NCCCl)N1CCCl. The van der Waals surface area contributed by atoms with Gasteiger partial charge in [0.2, 0.25) is 0 Å². The molecule has 2 heterocycles. The third-order valence-corrected chi connectivity index (χ3v) is 23.4. The van der Waals surface area contributed by atoms with Crippen molar-refractivity contribution in [2.75, 3.05) is 74.4 Å². The maximum atomic E-state index is 13.3. The number of alkyl halides is 4. The second kappa shape index (κ2) is 58.6. The Bertz CT molecular complexity index is 2480. The Hall–Kier alpha value is -1.18. The van der Waals surface area contributed by atoms with E-state index >= 15 is 0 Å². The Labute approximate surface area is 599 Å². The summed E-state index contributed by atoms with van der Waals surface area (Å²) in [5.74, 6) is 3.93. The van der Waals surface area contributed by atoms with Crippen molar-refractivity contribution < 1.29 is 27.8 Å². The van der Waals surface area contributed by atoms with Crippen LogP contribution in [0.1, 0.15) is 257 Å². The van der Waals surface area contributed by atoms with Gasteiger partial charge in [-0.25, -0.2) is 19.5 Å². The average Bonchev–Trinajstić information content (AvgIpc) is 0.939. The zero-order valence-electron chi connectivity index (χ0n) is 60.4. The lowest BCUT2D eigenvalue weighted by molar-refractivity contribution is -0.119. The zero-order valence-corrected chi connectivity index (χ0v) is 66.9. The van der Waals surface area contributed by atoms with Crippen molar-refractivity contribution in [1.82, 2.24) is 19.5 Å². The van der Waals surface area contributed by atoms with Gasteiger partial charge in [0, 0.05) is 81.4 Å². The monoisotopic (exact) mass is 1450 g/mol. The molecule has 0 saturated carbocycles. The summed E-state index contributed by atoms with van der Waals surface area (Å²) in [7, 11) is -6.03. The molecule has 2 rings (SSSR count). The van der Waals surface area contributed by atoms with Crippen LogP contribution in [-0.2, 0) is 27.8 Å². The summed E-state index contributed by atoms with van der Waals surface area (Å²) in [5.41, 5.74) is 14.4. The summed E-state index contributed by atoms with van der Waals surface area (Å²) in [6, 6.07) is 0.228. The van der Waals surface area contributed by atoms with Gasteiger partial charge in [0.25, 0.3) is 0 Å². The van der Waals surface area contributed by atoms with E-state index in [4.69, 9.17) is 55.5 Å². The first-order chi connectivity index (χ1) is 44.4. The van der Waals surface area contributed by atoms with Crippen LogP contribution in [0, 0.1) is 0 Å². The van der Waals surface area contributed by atoms with Gasteiger partial charge in [-0.3, -0.25) is 18.7 Å². The van der Waals surface area contributed by atoms with Crippen LogP contribution in [-0.4, -0.2) is 107 Å². The summed E-state index contributed by atoms with van der Waals surface area (Å²) in [5, 5.41) is 5.93. The Kier molecular flexibility index (Phi) is 57.9. The first-order valence-electron chi connectivity index (χ1n) is 34.9. The zero-order chi connectivity index (χ0) is 69.7. The van der Waals surface area contributed by atoms with Crippen LogP contribution in [0.5, 0.6) is 0 Å². The van der Waals surface area contributed by atoms with Crippen molar-refractivity contribution in [3.63, 3.8) is 0 Å². The minimum absolute atomic E-state index is 0.0594. The van der Waals surface area contributed by atoms with E-state index in [0.29, 0.717) is 100 Å². The number of rotatable bonds is 48. The van der Waals surface area contributed by atoms with Gasteiger partial charge in [-0.1, -0.05) is 116 Å². The smallest absolute Gasteiger partial charge is 0.306 e. The quantitative estimate of drug-likeness (QED) is 0.0178. The van der Waals surface area contributed by atoms with Gasteiger partial charge in [-0.2, -0.15) is 12.6 Å². The summed E-state index contributed by atoms with van der Waals surface area (Å²) in [6.45, 7) is 31.4. The Balaban J connectivity index is 0.00000154. The predicted molar refractivity (Wildman–Crippen MR) is 418 cm³/mol. The third-order valence-electron chi connectivity index (χ3n) is 16.1. The molecule has 536 valence electrons. The fraction of sp³-hybridized carbons (Fsp3) is 0.707. The van der Waals surface area contributed by atoms with Crippen LogP contribution >= 0.6 is 86.1 Å². The number of hydrogen-bond donors (Lipinski definition) is 3. The number of carbonyl (C=O) groups is 2. The lowest BCUT2D eigenvalue weighted by Crippen LogP contribution is -2.42. The largest absolute Gasteiger partial charge is 0.344 e. The maximum Gasteiger partial charge on any atom is 0.344 e. The number of carbonyl (C=O) groups excluding carboxylic acids is 2. The van der Waals surface area contributed by atoms with E-state index in [0.717, 1.165) is 134 Å². The van der Waals surface area contributed by atoms with Crippen molar-refractivity contribution in [3.8, 4) is 0 Å².